The molecule has 0 aromatic heterocycles. The maximum absolute atomic E-state index is 3.65. The second kappa shape index (κ2) is 9.02. The molecule has 1 fully saturated rings. The van der Waals surface area contributed by atoms with Crippen molar-refractivity contribution < 1.29 is 0 Å². The number of aryl methyl sites for hydroxylation is 1. The third-order valence-electron chi connectivity index (χ3n) is 5.17. The van der Waals surface area contributed by atoms with Crippen molar-refractivity contribution in [3.05, 3.63) is 65.7 Å². The highest BCUT2D eigenvalue weighted by molar-refractivity contribution is 5.48. The minimum absolute atomic E-state index is 0.525. The molecule has 1 heterocycles. The van der Waals surface area contributed by atoms with Crippen molar-refractivity contribution in [3.63, 3.8) is 0 Å². The van der Waals surface area contributed by atoms with Crippen LogP contribution in [0.25, 0.3) is 0 Å². The highest BCUT2D eigenvalue weighted by Gasteiger charge is 2.13. The quantitative estimate of drug-likeness (QED) is 0.833. The van der Waals surface area contributed by atoms with Crippen molar-refractivity contribution in [3.8, 4) is 0 Å². The predicted octanol–water partition coefficient (Wildman–Crippen LogP) is 3.55. The van der Waals surface area contributed by atoms with Gasteiger partial charge in [0.1, 0.15) is 0 Å². The average molecular weight is 338 g/mol. The van der Waals surface area contributed by atoms with Crippen molar-refractivity contribution in [1.82, 2.24) is 10.2 Å². The number of anilines is 1. The second-order valence-electron chi connectivity index (χ2n) is 7.26. The van der Waals surface area contributed by atoms with Gasteiger partial charge in [0.05, 0.1) is 0 Å². The van der Waals surface area contributed by atoms with Gasteiger partial charge >= 0.3 is 0 Å². The van der Waals surface area contributed by atoms with E-state index in [1.54, 1.807) is 0 Å². The monoisotopic (exact) mass is 337 g/mol. The van der Waals surface area contributed by atoms with Crippen molar-refractivity contribution in [2.75, 3.05) is 38.1 Å². The largest absolute Gasteiger partial charge is 0.369 e. The van der Waals surface area contributed by atoms with Gasteiger partial charge in [-0.2, -0.15) is 0 Å². The first kappa shape index (κ1) is 18.0. The van der Waals surface area contributed by atoms with Crippen LogP contribution in [0.3, 0.4) is 0 Å². The van der Waals surface area contributed by atoms with E-state index in [1.165, 1.54) is 23.2 Å². The summed E-state index contributed by atoms with van der Waals surface area (Å²) < 4.78 is 0. The highest BCUT2D eigenvalue weighted by Crippen LogP contribution is 2.17. The zero-order chi connectivity index (χ0) is 17.5. The summed E-state index contributed by atoms with van der Waals surface area (Å²) in [5.41, 5.74) is 4.14. The molecular formula is C22H31N3. The van der Waals surface area contributed by atoms with Crippen LogP contribution in [0.2, 0.25) is 0 Å². The Morgan fingerprint density at radius 1 is 0.880 bits per heavy atom. The summed E-state index contributed by atoms with van der Waals surface area (Å²) in [5, 5.41) is 3.65. The molecule has 0 amide bonds. The van der Waals surface area contributed by atoms with E-state index in [-0.39, 0.29) is 0 Å². The zero-order valence-corrected chi connectivity index (χ0v) is 15.6. The average Bonchev–Trinajstić information content (AvgIpc) is 2.67. The lowest BCUT2D eigenvalue weighted by Gasteiger charge is -2.34. The summed E-state index contributed by atoms with van der Waals surface area (Å²) in [5.74, 6) is 0. The molecule has 134 valence electrons. The first-order chi connectivity index (χ1) is 12.2. The van der Waals surface area contributed by atoms with Gasteiger partial charge in [-0.25, -0.2) is 0 Å². The fourth-order valence-corrected chi connectivity index (χ4v) is 3.31. The summed E-state index contributed by atoms with van der Waals surface area (Å²) in [6.45, 7) is 7.79. The molecule has 0 radical (unpaired) electrons. The van der Waals surface area contributed by atoms with Crippen LogP contribution in [-0.2, 0) is 13.0 Å². The van der Waals surface area contributed by atoms with Gasteiger partial charge < -0.3 is 15.1 Å². The molecule has 25 heavy (non-hydrogen) atoms. The molecule has 1 aliphatic rings. The van der Waals surface area contributed by atoms with Crippen molar-refractivity contribution in [1.29, 1.82) is 0 Å². The maximum atomic E-state index is 3.65. The number of nitrogens with one attached hydrogen (secondary N) is 1. The van der Waals surface area contributed by atoms with Crippen molar-refractivity contribution in [2.24, 2.45) is 0 Å². The predicted molar refractivity (Wildman–Crippen MR) is 107 cm³/mol. The van der Waals surface area contributed by atoms with Crippen LogP contribution in [0.4, 0.5) is 5.69 Å². The fraction of sp³-hybridized carbons (Fsp3) is 0.455. The Balaban J connectivity index is 1.42. The topological polar surface area (TPSA) is 18.5 Å². The molecule has 0 aliphatic carbocycles. The summed E-state index contributed by atoms with van der Waals surface area (Å²) >= 11 is 0. The molecule has 3 heteroatoms. The van der Waals surface area contributed by atoms with E-state index in [1.807, 2.05) is 0 Å². The minimum Gasteiger partial charge on any atom is -0.369 e. The first-order valence-corrected chi connectivity index (χ1v) is 9.50. The van der Waals surface area contributed by atoms with Crippen LogP contribution in [0, 0.1) is 0 Å². The highest BCUT2D eigenvalue weighted by atomic mass is 15.2. The molecule has 1 N–H and O–H groups in total. The molecule has 1 unspecified atom stereocenters. The first-order valence-electron chi connectivity index (χ1n) is 9.50. The Morgan fingerprint density at radius 3 is 2.24 bits per heavy atom. The van der Waals surface area contributed by atoms with Gasteiger partial charge in [-0.15, -0.1) is 0 Å². The van der Waals surface area contributed by atoms with E-state index >= 15 is 0 Å². The Hall–Kier alpha value is -1.84. The zero-order valence-electron chi connectivity index (χ0n) is 15.6. The Bertz CT molecular complexity index is 615. The standard InChI is InChI=1S/C22H31N3/c1-19(8-9-20-6-4-3-5-7-20)23-18-21-10-12-22(13-11-21)25-16-14-24(2)15-17-25/h3-7,10-13,19,23H,8-9,14-18H2,1-2H3. The summed E-state index contributed by atoms with van der Waals surface area (Å²) in [6, 6.07) is 20.4. The van der Waals surface area contributed by atoms with E-state index in [2.05, 4.69) is 83.7 Å². The van der Waals surface area contributed by atoms with E-state index in [0.29, 0.717) is 6.04 Å². The van der Waals surface area contributed by atoms with Gasteiger partial charge in [0.15, 0.2) is 0 Å². The molecule has 0 saturated carbocycles. The Kier molecular flexibility index (Phi) is 6.48. The molecule has 2 aromatic rings. The molecule has 1 saturated heterocycles. The molecule has 1 aliphatic heterocycles. The van der Waals surface area contributed by atoms with Crippen LogP contribution in [0.15, 0.2) is 54.6 Å². The lowest BCUT2D eigenvalue weighted by atomic mass is 10.1. The molecule has 3 nitrogen and oxygen atoms in total. The molecule has 0 bridgehead atoms. The second-order valence-corrected chi connectivity index (χ2v) is 7.26. The molecule has 0 spiro atoms. The Morgan fingerprint density at radius 2 is 1.56 bits per heavy atom. The van der Waals surface area contributed by atoms with Crippen LogP contribution >= 0.6 is 0 Å². The fourth-order valence-electron chi connectivity index (χ4n) is 3.31. The number of rotatable bonds is 7. The normalized spacial score (nSPS) is 16.8. The van der Waals surface area contributed by atoms with Crippen LogP contribution < -0.4 is 10.2 Å². The Labute approximate surface area is 152 Å². The van der Waals surface area contributed by atoms with E-state index in [4.69, 9.17) is 0 Å². The van der Waals surface area contributed by atoms with Gasteiger partial charge in [0.25, 0.3) is 0 Å². The molecular weight excluding hydrogens is 306 g/mol. The molecule has 2 aromatic carbocycles. The smallest absolute Gasteiger partial charge is 0.0367 e. The maximum Gasteiger partial charge on any atom is 0.0367 e. The third-order valence-corrected chi connectivity index (χ3v) is 5.17. The van der Waals surface area contributed by atoms with Crippen molar-refractivity contribution >= 4 is 5.69 Å². The number of benzene rings is 2. The number of likely N-dealkylation sites (N-methyl/N-ethyl adjacent to an activating group) is 1. The van der Waals surface area contributed by atoms with Gasteiger partial charge in [0, 0.05) is 44.5 Å². The van der Waals surface area contributed by atoms with E-state index in [9.17, 15) is 0 Å². The lowest BCUT2D eigenvalue weighted by molar-refractivity contribution is 0.313. The van der Waals surface area contributed by atoms with Crippen molar-refractivity contribution in [2.45, 2.75) is 32.4 Å². The number of piperazine rings is 1. The van der Waals surface area contributed by atoms with Gasteiger partial charge in [-0.1, -0.05) is 42.5 Å². The minimum atomic E-state index is 0.525. The summed E-state index contributed by atoms with van der Waals surface area (Å²) in [4.78, 5) is 4.88. The van der Waals surface area contributed by atoms with E-state index in [0.717, 1.165) is 39.1 Å². The van der Waals surface area contributed by atoms with Gasteiger partial charge in [-0.3, -0.25) is 0 Å². The summed E-state index contributed by atoms with van der Waals surface area (Å²) in [7, 11) is 2.20. The third kappa shape index (κ3) is 5.58. The van der Waals surface area contributed by atoms with Gasteiger partial charge in [-0.05, 0) is 50.1 Å². The lowest BCUT2D eigenvalue weighted by Crippen LogP contribution is -2.44. The SMILES string of the molecule is CC(CCc1ccccc1)NCc1ccc(N2CCN(C)CC2)cc1. The summed E-state index contributed by atoms with van der Waals surface area (Å²) in [6.07, 6.45) is 2.31. The molecule has 1 atom stereocenters. The number of nitrogens with zero attached hydrogens (tertiary/aromatic N) is 2. The van der Waals surface area contributed by atoms with E-state index < -0.39 is 0 Å². The van der Waals surface area contributed by atoms with Crippen LogP contribution in [0.5, 0.6) is 0 Å². The van der Waals surface area contributed by atoms with Gasteiger partial charge in [0.2, 0.25) is 0 Å². The number of hydrogen-bond acceptors (Lipinski definition) is 3. The van der Waals surface area contributed by atoms with Crippen LogP contribution in [-0.4, -0.2) is 44.2 Å². The number of hydrogen-bond donors (Lipinski definition) is 1. The molecule has 3 rings (SSSR count). The van der Waals surface area contributed by atoms with Crippen LogP contribution in [0.1, 0.15) is 24.5 Å².